The molecule has 106 valence electrons. The molecule has 0 spiro atoms. The van der Waals surface area contributed by atoms with Crippen LogP contribution < -0.4 is 0 Å². The van der Waals surface area contributed by atoms with E-state index >= 15 is 0 Å². The molecule has 0 aromatic heterocycles. The number of alkyl halides is 3. The van der Waals surface area contributed by atoms with Gasteiger partial charge >= 0.3 is 6.09 Å². The Kier molecular flexibility index (Phi) is 7.43. The third-order valence-corrected chi connectivity index (χ3v) is 3.48. The Hall–Kier alpha value is 0.410. The normalized spacial score (nSPS) is 13.4. The molecule has 0 aliphatic rings. The van der Waals surface area contributed by atoms with E-state index in [-0.39, 0.29) is 5.17 Å². The lowest BCUT2D eigenvalue weighted by Crippen LogP contribution is -2.31. The van der Waals surface area contributed by atoms with Gasteiger partial charge < -0.3 is 4.74 Å². The van der Waals surface area contributed by atoms with Crippen LogP contribution in [0, 0.1) is 0 Å². The summed E-state index contributed by atoms with van der Waals surface area (Å²) in [4.78, 5) is 16.0. The SMILES string of the molecule is COC(C)(C)/C(Cl)=N/OC(=O)N(C)SC(Cl)(Cl)Cl. The maximum Gasteiger partial charge on any atom is 0.445 e. The molecule has 0 saturated heterocycles. The molecule has 1 amide bonds. The maximum atomic E-state index is 11.4. The molecule has 0 heterocycles. The summed E-state index contributed by atoms with van der Waals surface area (Å²) in [6, 6.07) is 0. The van der Waals surface area contributed by atoms with Gasteiger partial charge in [0.15, 0.2) is 5.17 Å². The molecule has 0 atom stereocenters. The van der Waals surface area contributed by atoms with Crippen LogP contribution in [-0.2, 0) is 9.57 Å². The lowest BCUT2D eigenvalue weighted by atomic mass is 10.2. The van der Waals surface area contributed by atoms with Gasteiger partial charge in [-0.15, -0.1) is 0 Å². The number of carbonyl (C=O) groups excluding carboxylic acids is 1. The number of hydrogen-bond donors (Lipinski definition) is 0. The highest BCUT2D eigenvalue weighted by Gasteiger charge is 2.28. The summed E-state index contributed by atoms with van der Waals surface area (Å²) >= 11 is 22.9. The maximum absolute atomic E-state index is 11.4. The number of amides is 1. The highest BCUT2D eigenvalue weighted by Crippen LogP contribution is 2.40. The van der Waals surface area contributed by atoms with E-state index in [0.717, 1.165) is 4.31 Å². The lowest BCUT2D eigenvalue weighted by Gasteiger charge is -2.21. The van der Waals surface area contributed by atoms with Gasteiger partial charge in [0, 0.05) is 26.1 Å². The Morgan fingerprint density at radius 1 is 1.33 bits per heavy atom. The van der Waals surface area contributed by atoms with Crippen LogP contribution in [0.1, 0.15) is 13.8 Å². The monoisotopic (exact) mass is 356 g/mol. The molecule has 0 fully saturated rings. The van der Waals surface area contributed by atoms with Gasteiger partial charge in [0.25, 0.3) is 3.12 Å². The Labute approximate surface area is 130 Å². The van der Waals surface area contributed by atoms with E-state index in [1.165, 1.54) is 14.2 Å². The van der Waals surface area contributed by atoms with Crippen LogP contribution >= 0.6 is 58.4 Å². The summed E-state index contributed by atoms with van der Waals surface area (Å²) in [5.74, 6) is 0. The van der Waals surface area contributed by atoms with E-state index in [1.54, 1.807) is 13.8 Å². The zero-order valence-electron chi connectivity index (χ0n) is 10.0. The molecule has 0 aromatic rings. The van der Waals surface area contributed by atoms with Crippen molar-refractivity contribution in [2.45, 2.75) is 22.6 Å². The second-order valence-corrected chi connectivity index (χ2v) is 8.14. The zero-order chi connectivity index (χ0) is 14.6. The van der Waals surface area contributed by atoms with Crippen molar-refractivity contribution >= 4 is 69.6 Å². The predicted octanol–water partition coefficient (Wildman–Crippen LogP) is 4.01. The van der Waals surface area contributed by atoms with E-state index in [9.17, 15) is 4.79 Å². The van der Waals surface area contributed by atoms with Gasteiger partial charge in [0.2, 0.25) is 0 Å². The molecule has 18 heavy (non-hydrogen) atoms. The topological polar surface area (TPSA) is 51.1 Å². The fourth-order valence-electron chi connectivity index (χ4n) is 0.523. The molecule has 0 radical (unpaired) electrons. The van der Waals surface area contributed by atoms with E-state index in [4.69, 9.17) is 51.1 Å². The van der Waals surface area contributed by atoms with E-state index in [1.807, 2.05) is 0 Å². The Balaban J connectivity index is 4.47. The first-order valence-electron chi connectivity index (χ1n) is 4.49. The average molecular weight is 358 g/mol. The fraction of sp³-hybridized carbons (Fsp3) is 0.750. The van der Waals surface area contributed by atoms with Crippen LogP contribution in [0.15, 0.2) is 5.16 Å². The summed E-state index contributed by atoms with van der Waals surface area (Å²) in [6.07, 6.45) is -0.837. The van der Waals surface area contributed by atoms with Crippen molar-refractivity contribution in [3.8, 4) is 0 Å². The van der Waals surface area contributed by atoms with Crippen molar-refractivity contribution in [1.82, 2.24) is 4.31 Å². The number of halogens is 4. The van der Waals surface area contributed by atoms with Gasteiger partial charge in [-0.2, -0.15) is 0 Å². The van der Waals surface area contributed by atoms with Gasteiger partial charge in [-0.1, -0.05) is 51.6 Å². The second-order valence-electron chi connectivity index (χ2n) is 3.49. The molecule has 0 aliphatic carbocycles. The van der Waals surface area contributed by atoms with Crippen LogP contribution in [0.5, 0.6) is 0 Å². The van der Waals surface area contributed by atoms with Crippen molar-refractivity contribution < 1.29 is 14.4 Å². The first kappa shape index (κ1) is 18.4. The van der Waals surface area contributed by atoms with E-state index in [0.29, 0.717) is 11.9 Å². The molecule has 0 aliphatic heterocycles. The Bertz CT molecular complexity index is 333. The number of hydrogen-bond acceptors (Lipinski definition) is 5. The van der Waals surface area contributed by atoms with Gasteiger partial charge in [-0.3, -0.25) is 4.84 Å². The highest BCUT2D eigenvalue weighted by atomic mass is 35.6. The minimum absolute atomic E-state index is 0.0226. The van der Waals surface area contributed by atoms with Crippen molar-refractivity contribution in [2.24, 2.45) is 5.16 Å². The van der Waals surface area contributed by atoms with Crippen LogP contribution in [0.4, 0.5) is 4.79 Å². The number of rotatable bonds is 4. The number of carbonyl (C=O) groups is 1. The van der Waals surface area contributed by atoms with Gasteiger partial charge in [-0.05, 0) is 13.8 Å². The van der Waals surface area contributed by atoms with E-state index < -0.39 is 14.8 Å². The molecule has 0 saturated carbocycles. The minimum atomic E-state index is -1.67. The first-order chi connectivity index (χ1) is 7.99. The molecular weight excluding hydrogens is 346 g/mol. The quantitative estimate of drug-likeness (QED) is 0.251. The largest absolute Gasteiger partial charge is 0.445 e. The summed E-state index contributed by atoms with van der Waals surface area (Å²) in [6.45, 7) is 3.32. The van der Waals surface area contributed by atoms with Crippen molar-refractivity contribution in [3.63, 3.8) is 0 Å². The first-order valence-corrected chi connectivity index (χ1v) is 6.78. The number of nitrogens with zero attached hydrogens (tertiary/aromatic N) is 2. The Morgan fingerprint density at radius 2 is 1.83 bits per heavy atom. The molecule has 0 unspecified atom stereocenters. The third kappa shape index (κ3) is 7.11. The Morgan fingerprint density at radius 3 is 2.22 bits per heavy atom. The summed E-state index contributed by atoms with van der Waals surface area (Å²) in [5.41, 5.74) is -0.858. The standard InChI is InChI=1S/C8H12Cl4N2O3S/c1-7(2,16-4)5(9)13-17-6(15)14(3)18-8(10,11)12/h1-4H3/b13-5-. The van der Waals surface area contributed by atoms with E-state index in [2.05, 4.69) is 9.99 Å². The van der Waals surface area contributed by atoms with Crippen LogP contribution in [0.3, 0.4) is 0 Å². The zero-order valence-corrected chi connectivity index (χ0v) is 13.9. The molecular formula is C8H12Cl4N2O3S. The number of oxime groups is 1. The average Bonchev–Trinajstić information content (AvgIpc) is 2.22. The molecule has 0 bridgehead atoms. The summed E-state index contributed by atoms with van der Waals surface area (Å²) in [7, 11) is 2.81. The lowest BCUT2D eigenvalue weighted by molar-refractivity contribution is 0.0796. The number of methoxy groups -OCH3 is 1. The molecule has 10 heteroatoms. The summed E-state index contributed by atoms with van der Waals surface area (Å²) < 4.78 is 4.34. The van der Waals surface area contributed by atoms with Crippen LogP contribution in [0.2, 0.25) is 0 Å². The van der Waals surface area contributed by atoms with Gasteiger partial charge in [0.05, 0.1) is 0 Å². The van der Waals surface area contributed by atoms with Crippen molar-refractivity contribution in [3.05, 3.63) is 0 Å². The molecule has 0 rings (SSSR count). The third-order valence-electron chi connectivity index (χ3n) is 1.71. The van der Waals surface area contributed by atoms with Crippen molar-refractivity contribution in [2.75, 3.05) is 14.2 Å². The summed E-state index contributed by atoms with van der Waals surface area (Å²) in [5, 5.41) is 3.42. The number of ether oxygens (including phenoxy) is 1. The van der Waals surface area contributed by atoms with Crippen LogP contribution in [0.25, 0.3) is 0 Å². The molecule has 0 aromatic carbocycles. The smallest absolute Gasteiger partial charge is 0.371 e. The fourth-order valence-corrected chi connectivity index (χ4v) is 1.98. The highest BCUT2D eigenvalue weighted by molar-refractivity contribution is 8.03. The van der Waals surface area contributed by atoms with Crippen molar-refractivity contribution in [1.29, 1.82) is 0 Å². The molecule has 0 N–H and O–H groups in total. The van der Waals surface area contributed by atoms with Gasteiger partial charge in [0.1, 0.15) is 5.60 Å². The second kappa shape index (κ2) is 7.26. The minimum Gasteiger partial charge on any atom is -0.371 e. The van der Waals surface area contributed by atoms with Crippen LogP contribution in [-0.4, -0.2) is 38.5 Å². The van der Waals surface area contributed by atoms with Gasteiger partial charge in [-0.25, -0.2) is 9.10 Å². The molecule has 5 nitrogen and oxygen atoms in total. The predicted molar refractivity (Wildman–Crippen MR) is 76.5 cm³/mol.